The van der Waals surface area contributed by atoms with Crippen molar-refractivity contribution in [2.75, 3.05) is 19.4 Å². The molecule has 1 fully saturated rings. The maximum atomic E-state index is 13.8. The summed E-state index contributed by atoms with van der Waals surface area (Å²) in [6.07, 6.45) is 2.01. The lowest BCUT2D eigenvalue weighted by Gasteiger charge is -2.20. The molecular weight excluding hydrogens is 295 g/mol. The Morgan fingerprint density at radius 3 is 2.48 bits per heavy atom. The van der Waals surface area contributed by atoms with E-state index in [1.165, 1.54) is 13.2 Å². The van der Waals surface area contributed by atoms with Crippen LogP contribution < -0.4 is 15.2 Å². The highest BCUT2D eigenvalue weighted by Gasteiger charge is 2.45. The average Bonchev–Trinajstić information content (AvgIpc) is 3.17. The summed E-state index contributed by atoms with van der Waals surface area (Å²) in [5, 5.41) is 0. The Kier molecular flexibility index (Phi) is 4.17. The van der Waals surface area contributed by atoms with Crippen molar-refractivity contribution in [2.24, 2.45) is 11.3 Å². The Labute approximate surface area is 124 Å². The Morgan fingerprint density at radius 1 is 1.43 bits per heavy atom. The summed E-state index contributed by atoms with van der Waals surface area (Å²) in [4.78, 5) is -0.183. The van der Waals surface area contributed by atoms with Crippen LogP contribution >= 0.6 is 0 Å². The Bertz CT molecular complexity index is 617. The largest absolute Gasteiger partial charge is 0.492 e. The molecule has 0 radical (unpaired) electrons. The predicted octanol–water partition coefficient (Wildman–Crippen LogP) is 2.13. The normalized spacial score (nSPS) is 17.0. The number of hydrogen-bond acceptors (Lipinski definition) is 4. The molecule has 0 unspecified atom stereocenters. The maximum Gasteiger partial charge on any atom is 0.240 e. The molecule has 1 aromatic carbocycles. The zero-order chi connectivity index (χ0) is 15.8. The van der Waals surface area contributed by atoms with Crippen molar-refractivity contribution in [2.45, 2.75) is 31.6 Å². The van der Waals surface area contributed by atoms with Gasteiger partial charge in [-0.25, -0.2) is 17.5 Å². The highest BCUT2D eigenvalue weighted by molar-refractivity contribution is 7.89. The summed E-state index contributed by atoms with van der Waals surface area (Å²) in [5.41, 5.74) is 5.61. The van der Waals surface area contributed by atoms with Gasteiger partial charge in [-0.1, -0.05) is 13.8 Å². The monoisotopic (exact) mass is 316 g/mol. The summed E-state index contributed by atoms with van der Waals surface area (Å²) in [6.45, 7) is 4.51. The summed E-state index contributed by atoms with van der Waals surface area (Å²) >= 11 is 0. The number of sulfonamides is 1. The number of halogens is 1. The van der Waals surface area contributed by atoms with E-state index in [0.29, 0.717) is 12.5 Å². The van der Waals surface area contributed by atoms with E-state index in [1.54, 1.807) is 0 Å². The zero-order valence-electron chi connectivity index (χ0n) is 12.4. The van der Waals surface area contributed by atoms with Crippen molar-refractivity contribution in [1.29, 1.82) is 0 Å². The minimum absolute atomic E-state index is 0.0314. The van der Waals surface area contributed by atoms with E-state index in [1.807, 2.05) is 0 Å². The molecule has 1 aliphatic rings. The van der Waals surface area contributed by atoms with E-state index in [0.717, 1.165) is 18.9 Å². The Hall–Kier alpha value is -1.34. The molecule has 0 amide bonds. The van der Waals surface area contributed by atoms with Gasteiger partial charge in [-0.2, -0.15) is 0 Å². The molecule has 0 aliphatic heterocycles. The number of nitrogen functional groups attached to an aromatic ring is 1. The lowest BCUT2D eigenvalue weighted by Crippen LogP contribution is -2.32. The first-order valence-corrected chi connectivity index (χ1v) is 8.33. The first-order valence-electron chi connectivity index (χ1n) is 6.84. The van der Waals surface area contributed by atoms with Crippen molar-refractivity contribution < 1.29 is 17.5 Å². The fraction of sp³-hybridized carbons (Fsp3) is 0.571. The molecule has 0 heterocycles. The minimum atomic E-state index is -3.78. The van der Waals surface area contributed by atoms with Crippen LogP contribution in [0.3, 0.4) is 0 Å². The van der Waals surface area contributed by atoms with Crippen LogP contribution in [0.15, 0.2) is 17.0 Å². The van der Waals surface area contributed by atoms with Crippen molar-refractivity contribution in [3.8, 4) is 5.75 Å². The van der Waals surface area contributed by atoms with Crippen molar-refractivity contribution in [3.05, 3.63) is 17.9 Å². The number of nitrogens with one attached hydrogen (secondary N) is 1. The molecule has 1 saturated carbocycles. The molecule has 2 rings (SSSR count). The SMILES string of the molecule is COc1c(N)cc(S(=O)(=O)NCC2(C(C)C)CC2)cc1F. The van der Waals surface area contributed by atoms with Crippen LogP contribution in [0.5, 0.6) is 5.75 Å². The first-order chi connectivity index (χ1) is 9.72. The quantitative estimate of drug-likeness (QED) is 0.788. The molecular formula is C14H21FN2O3S. The standard InChI is InChI=1S/C14H21FN2O3S/c1-9(2)14(4-5-14)8-17-21(18,19)10-6-11(15)13(20-3)12(16)7-10/h6-7,9,17H,4-5,8,16H2,1-3H3. The smallest absolute Gasteiger partial charge is 0.240 e. The van der Waals surface area contributed by atoms with Gasteiger partial charge in [0.2, 0.25) is 10.0 Å². The van der Waals surface area contributed by atoms with Crippen LogP contribution in [-0.2, 0) is 10.0 Å². The van der Waals surface area contributed by atoms with Crippen molar-refractivity contribution in [1.82, 2.24) is 4.72 Å². The Balaban J connectivity index is 2.20. The van der Waals surface area contributed by atoms with Gasteiger partial charge in [0.15, 0.2) is 11.6 Å². The van der Waals surface area contributed by atoms with Crippen LogP contribution in [0.4, 0.5) is 10.1 Å². The average molecular weight is 316 g/mol. The fourth-order valence-electron chi connectivity index (χ4n) is 2.40. The van der Waals surface area contributed by atoms with Crippen LogP contribution in [0, 0.1) is 17.2 Å². The minimum Gasteiger partial charge on any atom is -0.492 e. The third-order valence-electron chi connectivity index (χ3n) is 4.29. The highest BCUT2D eigenvalue weighted by atomic mass is 32.2. The van der Waals surface area contributed by atoms with Gasteiger partial charge >= 0.3 is 0 Å². The molecule has 21 heavy (non-hydrogen) atoms. The van der Waals surface area contributed by atoms with Crippen LogP contribution in [0.25, 0.3) is 0 Å². The van der Waals surface area contributed by atoms with E-state index in [2.05, 4.69) is 18.6 Å². The second-order valence-electron chi connectivity index (χ2n) is 5.87. The second-order valence-corrected chi connectivity index (χ2v) is 7.64. The fourth-order valence-corrected chi connectivity index (χ4v) is 3.59. The van der Waals surface area contributed by atoms with Gasteiger partial charge in [0, 0.05) is 6.54 Å². The predicted molar refractivity (Wildman–Crippen MR) is 79.1 cm³/mol. The topological polar surface area (TPSA) is 81.4 Å². The van der Waals surface area contributed by atoms with E-state index < -0.39 is 15.8 Å². The third-order valence-corrected chi connectivity index (χ3v) is 5.67. The highest BCUT2D eigenvalue weighted by Crippen LogP contribution is 2.51. The van der Waals surface area contributed by atoms with E-state index >= 15 is 0 Å². The van der Waals surface area contributed by atoms with Crippen LogP contribution in [0.1, 0.15) is 26.7 Å². The van der Waals surface area contributed by atoms with Crippen molar-refractivity contribution in [3.63, 3.8) is 0 Å². The molecule has 5 nitrogen and oxygen atoms in total. The number of ether oxygens (including phenoxy) is 1. The summed E-state index contributed by atoms with van der Waals surface area (Å²) in [5.74, 6) is -0.532. The van der Waals surface area contributed by atoms with Gasteiger partial charge in [0.25, 0.3) is 0 Å². The maximum absolute atomic E-state index is 13.8. The molecule has 0 saturated heterocycles. The van der Waals surface area contributed by atoms with Gasteiger partial charge in [-0.15, -0.1) is 0 Å². The molecule has 0 bridgehead atoms. The summed E-state index contributed by atoms with van der Waals surface area (Å²) < 4.78 is 45.6. The number of rotatable bonds is 6. The number of benzene rings is 1. The number of nitrogens with two attached hydrogens (primary N) is 1. The van der Waals surface area contributed by atoms with Gasteiger partial charge in [0.05, 0.1) is 17.7 Å². The lowest BCUT2D eigenvalue weighted by molar-refractivity contribution is 0.357. The third kappa shape index (κ3) is 3.13. The van der Waals surface area contributed by atoms with E-state index in [4.69, 9.17) is 10.5 Å². The van der Waals surface area contributed by atoms with Crippen molar-refractivity contribution >= 4 is 15.7 Å². The van der Waals surface area contributed by atoms with Crippen LogP contribution in [0.2, 0.25) is 0 Å². The molecule has 0 atom stereocenters. The van der Waals surface area contributed by atoms with E-state index in [9.17, 15) is 12.8 Å². The van der Waals surface area contributed by atoms with Gasteiger partial charge in [-0.05, 0) is 36.3 Å². The molecule has 0 aromatic heterocycles. The van der Waals surface area contributed by atoms with E-state index in [-0.39, 0.29) is 21.7 Å². The number of methoxy groups -OCH3 is 1. The summed E-state index contributed by atoms with van der Waals surface area (Å²) in [6, 6.07) is 2.13. The number of hydrogen-bond donors (Lipinski definition) is 2. The number of anilines is 1. The molecule has 0 spiro atoms. The Morgan fingerprint density at radius 2 is 2.05 bits per heavy atom. The molecule has 7 heteroatoms. The lowest BCUT2D eigenvalue weighted by atomic mass is 9.93. The molecule has 1 aromatic rings. The molecule has 3 N–H and O–H groups in total. The van der Waals surface area contributed by atoms with Gasteiger partial charge in [0.1, 0.15) is 0 Å². The van der Waals surface area contributed by atoms with Gasteiger partial charge in [-0.3, -0.25) is 0 Å². The molecule has 1 aliphatic carbocycles. The molecule has 118 valence electrons. The van der Waals surface area contributed by atoms with Gasteiger partial charge < -0.3 is 10.5 Å². The summed E-state index contributed by atoms with van der Waals surface area (Å²) in [7, 11) is -2.50. The second kappa shape index (κ2) is 5.46. The van der Waals surface area contributed by atoms with Crippen LogP contribution in [-0.4, -0.2) is 22.1 Å². The zero-order valence-corrected chi connectivity index (χ0v) is 13.3. The first kappa shape index (κ1) is 16.0.